The lowest BCUT2D eigenvalue weighted by Crippen LogP contribution is -1.73. The van der Waals surface area contributed by atoms with Crippen molar-refractivity contribution in [1.29, 1.82) is 0 Å². The molecule has 1 aromatic heterocycles. The first-order chi connectivity index (χ1) is 4.73. The molecule has 64 valence electrons. The summed E-state index contributed by atoms with van der Waals surface area (Å²) < 4.78 is 0.222. The fourth-order valence-corrected chi connectivity index (χ4v) is 0.205. The summed E-state index contributed by atoms with van der Waals surface area (Å²) >= 11 is 7.66. The third kappa shape index (κ3) is 17.8. The van der Waals surface area contributed by atoms with Crippen molar-refractivity contribution in [3.63, 3.8) is 0 Å². The molecule has 0 aromatic carbocycles. The zero-order valence-electron chi connectivity index (χ0n) is 5.55. The molecule has 0 aliphatic heterocycles. The Morgan fingerprint density at radius 2 is 1.18 bits per heavy atom. The fourth-order valence-electron chi connectivity index (χ4n) is 0.205. The van der Waals surface area contributed by atoms with Gasteiger partial charge in [0.2, 0.25) is 0 Å². The van der Waals surface area contributed by atoms with Crippen LogP contribution in [-0.2, 0) is 0 Å². The smallest absolute Gasteiger partial charge is 0.119 e. The van der Waals surface area contributed by atoms with E-state index in [2.05, 4.69) is 40.2 Å². The lowest BCUT2D eigenvalue weighted by Gasteiger charge is -1.78. The molecule has 3 nitrogen and oxygen atoms in total. The van der Waals surface area contributed by atoms with Crippen LogP contribution in [0.25, 0.3) is 0 Å². The maximum Gasteiger partial charge on any atom is 0.119 e. The summed E-state index contributed by atoms with van der Waals surface area (Å²) in [6, 6.07) is 0. The Hall–Kier alpha value is -0.0731. The molecule has 0 N–H and O–H groups in total. The standard InChI is InChI=1S/C3H3N3.C2H6S2.H4Si/c1-4-2-6-3-5-1;1-2(3)4;/h1-3H;2-4H,1H3;1H4. The topological polar surface area (TPSA) is 38.7 Å². The van der Waals surface area contributed by atoms with Crippen molar-refractivity contribution in [1.82, 2.24) is 15.0 Å². The Labute approximate surface area is 81.9 Å². The van der Waals surface area contributed by atoms with Crippen molar-refractivity contribution < 1.29 is 0 Å². The monoisotopic (exact) mass is 207 g/mol. The molecule has 1 heterocycles. The van der Waals surface area contributed by atoms with Crippen molar-refractivity contribution >= 4 is 36.2 Å². The van der Waals surface area contributed by atoms with Gasteiger partial charge in [-0.3, -0.25) is 0 Å². The van der Waals surface area contributed by atoms with Crippen LogP contribution < -0.4 is 0 Å². The normalized spacial score (nSPS) is 7.64. The molecule has 0 bridgehead atoms. The Morgan fingerprint density at radius 3 is 1.27 bits per heavy atom. The molecule has 0 unspecified atom stereocenters. The number of nitrogens with zero attached hydrogens (tertiary/aromatic N) is 3. The molecule has 1 rings (SSSR count). The highest BCUT2D eigenvalue weighted by molar-refractivity contribution is 7.99. The second-order valence-corrected chi connectivity index (χ2v) is 3.38. The highest BCUT2D eigenvalue weighted by Crippen LogP contribution is 1.93. The molecule has 11 heavy (non-hydrogen) atoms. The molecule has 0 fully saturated rings. The van der Waals surface area contributed by atoms with Gasteiger partial charge in [-0.25, -0.2) is 15.0 Å². The maximum absolute atomic E-state index is 3.83. The molecular weight excluding hydrogens is 194 g/mol. The van der Waals surface area contributed by atoms with Gasteiger partial charge in [0.05, 0.1) is 0 Å². The summed E-state index contributed by atoms with van der Waals surface area (Å²) in [5.74, 6) is 0. The van der Waals surface area contributed by atoms with Crippen molar-refractivity contribution in [3.8, 4) is 0 Å². The first kappa shape index (κ1) is 13.5. The van der Waals surface area contributed by atoms with Gasteiger partial charge in [0.1, 0.15) is 19.0 Å². The van der Waals surface area contributed by atoms with Gasteiger partial charge in [0.25, 0.3) is 0 Å². The average molecular weight is 207 g/mol. The van der Waals surface area contributed by atoms with E-state index in [0.29, 0.717) is 0 Å². The first-order valence-electron chi connectivity index (χ1n) is 2.64. The van der Waals surface area contributed by atoms with Gasteiger partial charge < -0.3 is 0 Å². The molecular formula is C5H13N3S2Si. The molecule has 0 atom stereocenters. The lowest BCUT2D eigenvalue weighted by atomic mass is 11.0. The van der Waals surface area contributed by atoms with Crippen LogP contribution in [0, 0.1) is 0 Å². The van der Waals surface area contributed by atoms with E-state index in [0.717, 1.165) is 0 Å². The zero-order chi connectivity index (χ0) is 7.82. The van der Waals surface area contributed by atoms with Crippen molar-refractivity contribution in [3.05, 3.63) is 19.0 Å². The van der Waals surface area contributed by atoms with Gasteiger partial charge in [-0.1, -0.05) is 0 Å². The average Bonchev–Trinajstić information content (AvgIpc) is 1.90. The van der Waals surface area contributed by atoms with Crippen LogP contribution in [0.1, 0.15) is 6.92 Å². The summed E-state index contributed by atoms with van der Waals surface area (Å²) in [6.45, 7) is 1.90. The SMILES string of the molecule is CC(S)S.[SiH4].c1ncncn1. The molecule has 0 aliphatic rings. The molecule has 0 saturated heterocycles. The van der Waals surface area contributed by atoms with E-state index in [-0.39, 0.29) is 15.5 Å². The minimum absolute atomic E-state index is 0. The largest absolute Gasteiger partial charge is 0.225 e. The van der Waals surface area contributed by atoms with Gasteiger partial charge in [-0.15, -0.1) is 0 Å². The van der Waals surface area contributed by atoms with Crippen LogP contribution in [-0.4, -0.2) is 30.5 Å². The summed E-state index contributed by atoms with van der Waals surface area (Å²) in [7, 11) is 0. The number of aromatic nitrogens is 3. The minimum atomic E-state index is 0. The van der Waals surface area contributed by atoms with Crippen molar-refractivity contribution in [2.24, 2.45) is 0 Å². The van der Waals surface area contributed by atoms with Crippen LogP contribution in [0.3, 0.4) is 0 Å². The van der Waals surface area contributed by atoms with E-state index in [1.54, 1.807) is 0 Å². The molecule has 0 radical (unpaired) electrons. The van der Waals surface area contributed by atoms with Crippen LogP contribution in [0.2, 0.25) is 0 Å². The highest BCUT2D eigenvalue weighted by atomic mass is 32.2. The molecule has 6 heteroatoms. The van der Waals surface area contributed by atoms with E-state index < -0.39 is 0 Å². The van der Waals surface area contributed by atoms with E-state index in [1.807, 2.05) is 6.92 Å². The second kappa shape index (κ2) is 9.93. The van der Waals surface area contributed by atoms with E-state index >= 15 is 0 Å². The van der Waals surface area contributed by atoms with Crippen LogP contribution in [0.5, 0.6) is 0 Å². The Balaban J connectivity index is 0. The molecule has 0 saturated carbocycles. The van der Waals surface area contributed by atoms with Gasteiger partial charge in [-0.2, -0.15) is 25.3 Å². The third-order valence-electron chi connectivity index (χ3n) is 0.400. The summed E-state index contributed by atoms with van der Waals surface area (Å²) in [6.07, 6.45) is 4.31. The van der Waals surface area contributed by atoms with E-state index in [4.69, 9.17) is 0 Å². The quantitative estimate of drug-likeness (QED) is 0.346. The van der Waals surface area contributed by atoms with E-state index in [1.165, 1.54) is 19.0 Å². The summed E-state index contributed by atoms with van der Waals surface area (Å²) in [4.78, 5) is 10.7. The third-order valence-corrected chi connectivity index (χ3v) is 0.400. The molecule has 0 aliphatic carbocycles. The zero-order valence-corrected chi connectivity index (χ0v) is 7.33. The fraction of sp³-hybridized carbons (Fsp3) is 0.400. The minimum Gasteiger partial charge on any atom is -0.225 e. The highest BCUT2D eigenvalue weighted by Gasteiger charge is 1.69. The summed E-state index contributed by atoms with van der Waals surface area (Å²) in [5.41, 5.74) is 0. The van der Waals surface area contributed by atoms with E-state index in [9.17, 15) is 0 Å². The molecule has 0 spiro atoms. The number of thiol groups is 2. The number of hydrogen-bond donors (Lipinski definition) is 2. The van der Waals surface area contributed by atoms with Crippen molar-refractivity contribution in [2.45, 2.75) is 11.5 Å². The molecule has 1 aromatic rings. The predicted octanol–water partition coefficient (Wildman–Crippen LogP) is -0.388. The maximum atomic E-state index is 3.83. The predicted molar refractivity (Wildman–Crippen MR) is 58.6 cm³/mol. The van der Waals surface area contributed by atoms with Gasteiger partial charge in [-0.05, 0) is 17.9 Å². The number of hydrogen-bond acceptors (Lipinski definition) is 5. The van der Waals surface area contributed by atoms with Crippen molar-refractivity contribution in [2.75, 3.05) is 0 Å². The van der Waals surface area contributed by atoms with Gasteiger partial charge in [0.15, 0.2) is 0 Å². The van der Waals surface area contributed by atoms with Crippen LogP contribution in [0.15, 0.2) is 19.0 Å². The second-order valence-electron chi connectivity index (χ2n) is 1.43. The van der Waals surface area contributed by atoms with Gasteiger partial charge >= 0.3 is 0 Å². The van der Waals surface area contributed by atoms with Crippen LogP contribution >= 0.6 is 25.3 Å². The van der Waals surface area contributed by atoms with Crippen LogP contribution in [0.4, 0.5) is 0 Å². The first-order valence-corrected chi connectivity index (χ1v) is 3.68. The molecule has 0 amide bonds. The Morgan fingerprint density at radius 1 is 1.00 bits per heavy atom. The Kier molecular flexibility index (Phi) is 12.2. The van der Waals surface area contributed by atoms with Gasteiger partial charge in [0, 0.05) is 4.58 Å². The Bertz CT molecular complexity index is 120. The number of rotatable bonds is 0. The lowest BCUT2D eigenvalue weighted by molar-refractivity contribution is 1.05. The summed E-state index contributed by atoms with van der Waals surface area (Å²) in [5, 5.41) is 0.